The van der Waals surface area contributed by atoms with E-state index in [9.17, 15) is 13.2 Å². The first-order valence-electron chi connectivity index (χ1n) is 8.56. The molecule has 1 saturated carbocycles. The number of nitrogens with two attached hydrogens (primary N) is 1. The third-order valence-electron chi connectivity index (χ3n) is 5.17. The third kappa shape index (κ3) is 3.34. The predicted molar refractivity (Wildman–Crippen MR) is 93.3 cm³/mol. The minimum absolute atomic E-state index is 0.0214. The molecule has 1 fully saturated rings. The second kappa shape index (κ2) is 6.82. The van der Waals surface area contributed by atoms with Gasteiger partial charge in [0.1, 0.15) is 0 Å². The van der Waals surface area contributed by atoms with Gasteiger partial charge in [0.15, 0.2) is 0 Å². The van der Waals surface area contributed by atoms with Gasteiger partial charge in [-0.1, -0.05) is 12.8 Å². The van der Waals surface area contributed by atoms with Gasteiger partial charge < -0.3 is 10.6 Å². The van der Waals surface area contributed by atoms with Crippen LogP contribution in [-0.2, 0) is 21.2 Å². The third-order valence-corrected chi connectivity index (χ3v) is 6.65. The first-order chi connectivity index (χ1) is 11.4. The first-order valence-corrected chi connectivity index (χ1v) is 10.0. The molecule has 1 amide bonds. The minimum atomic E-state index is -3.60. The largest absolute Gasteiger partial charge is 0.329 e. The normalized spacial score (nSPS) is 19.5. The maximum absolute atomic E-state index is 12.7. The summed E-state index contributed by atoms with van der Waals surface area (Å²) in [4.78, 5) is 13.5. The highest BCUT2D eigenvalue weighted by Gasteiger charge is 2.30. The Balaban J connectivity index is 1.81. The van der Waals surface area contributed by atoms with Gasteiger partial charge in [0, 0.05) is 31.7 Å². The Morgan fingerprint density at radius 2 is 2.08 bits per heavy atom. The van der Waals surface area contributed by atoms with Gasteiger partial charge in [-0.05, 0) is 48.9 Å². The van der Waals surface area contributed by atoms with Gasteiger partial charge in [0.25, 0.3) is 0 Å². The number of carbonyl (C=O) groups excluding carboxylic acids is 1. The van der Waals surface area contributed by atoms with Crippen LogP contribution >= 0.6 is 0 Å². The Bertz CT molecular complexity index is 727. The number of nitrogens with one attached hydrogen (secondary N) is 1. The standard InChI is InChI=1S/C17H25N3O3S/c1-12(21)20-9-8-14-10-15(6-7-17(14)20)24(22,23)19-16(11-18)13-4-2-3-5-13/h6-7,10,13,16,19H,2-5,8-9,11,18H2,1H3. The molecule has 7 heteroatoms. The summed E-state index contributed by atoms with van der Waals surface area (Å²) < 4.78 is 28.2. The van der Waals surface area contributed by atoms with Gasteiger partial charge in [-0.2, -0.15) is 0 Å². The van der Waals surface area contributed by atoms with Crippen LogP contribution in [0.4, 0.5) is 5.69 Å². The number of fused-ring (bicyclic) bond motifs is 1. The fourth-order valence-electron chi connectivity index (χ4n) is 3.84. The van der Waals surface area contributed by atoms with Crippen molar-refractivity contribution >= 4 is 21.6 Å². The van der Waals surface area contributed by atoms with E-state index in [1.807, 2.05) is 0 Å². The molecule has 3 N–H and O–H groups in total. The van der Waals surface area contributed by atoms with Gasteiger partial charge in [0.05, 0.1) is 4.90 Å². The number of sulfonamides is 1. The van der Waals surface area contributed by atoms with Crippen LogP contribution < -0.4 is 15.4 Å². The summed E-state index contributed by atoms with van der Waals surface area (Å²) in [5.41, 5.74) is 7.52. The predicted octanol–water partition coefficient (Wildman–Crippen LogP) is 1.39. The molecule has 1 aromatic carbocycles. The lowest BCUT2D eigenvalue weighted by molar-refractivity contribution is -0.116. The molecule has 1 unspecified atom stereocenters. The van der Waals surface area contributed by atoms with Crippen molar-refractivity contribution in [3.63, 3.8) is 0 Å². The molecule has 0 radical (unpaired) electrons. The van der Waals surface area contributed by atoms with E-state index in [1.54, 1.807) is 23.1 Å². The van der Waals surface area contributed by atoms with Crippen LogP contribution in [0.2, 0.25) is 0 Å². The fraction of sp³-hybridized carbons (Fsp3) is 0.588. The van der Waals surface area contributed by atoms with Crippen LogP contribution in [0.3, 0.4) is 0 Å². The van der Waals surface area contributed by atoms with E-state index in [0.29, 0.717) is 25.4 Å². The Morgan fingerprint density at radius 1 is 1.38 bits per heavy atom. The molecule has 24 heavy (non-hydrogen) atoms. The topological polar surface area (TPSA) is 92.5 Å². The van der Waals surface area contributed by atoms with Gasteiger partial charge in [-0.25, -0.2) is 13.1 Å². The molecule has 1 atom stereocenters. The van der Waals surface area contributed by atoms with Gasteiger partial charge in [-0.3, -0.25) is 4.79 Å². The first kappa shape index (κ1) is 17.4. The molecular weight excluding hydrogens is 326 g/mol. The number of rotatable bonds is 5. The Kier molecular flexibility index (Phi) is 4.94. The lowest BCUT2D eigenvalue weighted by Crippen LogP contribution is -2.44. The summed E-state index contributed by atoms with van der Waals surface area (Å²) in [6.45, 7) is 2.44. The number of benzene rings is 1. The molecule has 1 aromatic rings. The summed E-state index contributed by atoms with van der Waals surface area (Å²) >= 11 is 0. The van der Waals surface area contributed by atoms with Crippen LogP contribution in [0.15, 0.2) is 23.1 Å². The van der Waals surface area contributed by atoms with Crippen LogP contribution in [0.1, 0.15) is 38.2 Å². The summed E-state index contributed by atoms with van der Waals surface area (Å²) in [5.74, 6) is 0.305. The molecular formula is C17H25N3O3S. The number of hydrogen-bond donors (Lipinski definition) is 2. The molecule has 1 aliphatic heterocycles. The highest BCUT2D eigenvalue weighted by Crippen LogP contribution is 2.31. The van der Waals surface area contributed by atoms with E-state index in [1.165, 1.54) is 6.92 Å². The molecule has 6 nitrogen and oxygen atoms in total. The number of amides is 1. The molecule has 0 aromatic heterocycles. The van der Waals surface area contributed by atoms with Crippen molar-refractivity contribution in [2.75, 3.05) is 18.0 Å². The van der Waals surface area contributed by atoms with Crippen molar-refractivity contribution in [3.8, 4) is 0 Å². The summed E-state index contributed by atoms with van der Waals surface area (Å²) in [6, 6.07) is 4.78. The molecule has 132 valence electrons. The monoisotopic (exact) mass is 351 g/mol. The Morgan fingerprint density at radius 3 is 2.71 bits per heavy atom. The average molecular weight is 351 g/mol. The SMILES string of the molecule is CC(=O)N1CCc2cc(S(=O)(=O)NC(CN)C3CCCC3)ccc21. The van der Waals surface area contributed by atoms with Gasteiger partial charge >= 0.3 is 0 Å². The van der Waals surface area contributed by atoms with E-state index in [4.69, 9.17) is 5.73 Å². The van der Waals surface area contributed by atoms with E-state index < -0.39 is 10.0 Å². The van der Waals surface area contributed by atoms with Crippen LogP contribution in [-0.4, -0.2) is 33.5 Å². The second-order valence-corrected chi connectivity index (χ2v) is 8.43. The maximum Gasteiger partial charge on any atom is 0.240 e. The zero-order valence-corrected chi connectivity index (χ0v) is 14.8. The summed E-state index contributed by atoms with van der Waals surface area (Å²) in [5, 5.41) is 0. The summed E-state index contributed by atoms with van der Waals surface area (Å²) in [6.07, 6.45) is 5.02. The zero-order chi connectivity index (χ0) is 17.3. The van der Waals surface area contributed by atoms with Gasteiger partial charge in [-0.15, -0.1) is 0 Å². The molecule has 0 saturated heterocycles. The van der Waals surface area contributed by atoms with Crippen LogP contribution in [0.25, 0.3) is 0 Å². The number of carbonyl (C=O) groups is 1. The van der Waals surface area contributed by atoms with Crippen molar-refractivity contribution < 1.29 is 13.2 Å². The van der Waals surface area contributed by atoms with Crippen molar-refractivity contribution in [1.29, 1.82) is 0 Å². The number of nitrogens with zero attached hydrogens (tertiary/aromatic N) is 1. The Hall–Kier alpha value is -1.44. The van der Waals surface area contributed by atoms with Crippen LogP contribution in [0, 0.1) is 5.92 Å². The van der Waals surface area contributed by atoms with E-state index >= 15 is 0 Å². The van der Waals surface area contributed by atoms with Gasteiger partial charge in [0.2, 0.25) is 15.9 Å². The average Bonchev–Trinajstić information content (AvgIpc) is 3.21. The molecule has 1 heterocycles. The lowest BCUT2D eigenvalue weighted by atomic mass is 9.99. The number of anilines is 1. The van der Waals surface area contributed by atoms with Crippen molar-refractivity contribution in [2.45, 2.75) is 50.0 Å². The molecule has 1 aliphatic carbocycles. The van der Waals surface area contributed by atoms with Crippen molar-refractivity contribution in [3.05, 3.63) is 23.8 Å². The second-order valence-electron chi connectivity index (χ2n) is 6.72. The van der Waals surface area contributed by atoms with Crippen molar-refractivity contribution in [1.82, 2.24) is 4.72 Å². The minimum Gasteiger partial charge on any atom is -0.329 e. The van der Waals surface area contributed by atoms with E-state index in [-0.39, 0.29) is 16.8 Å². The fourth-order valence-corrected chi connectivity index (χ4v) is 5.20. The maximum atomic E-state index is 12.7. The van der Waals surface area contributed by atoms with E-state index in [2.05, 4.69) is 4.72 Å². The van der Waals surface area contributed by atoms with E-state index in [0.717, 1.165) is 36.9 Å². The molecule has 0 spiro atoms. The molecule has 0 bridgehead atoms. The number of hydrogen-bond acceptors (Lipinski definition) is 4. The highest BCUT2D eigenvalue weighted by molar-refractivity contribution is 7.89. The smallest absolute Gasteiger partial charge is 0.240 e. The van der Waals surface area contributed by atoms with Crippen molar-refractivity contribution in [2.24, 2.45) is 11.7 Å². The highest BCUT2D eigenvalue weighted by atomic mass is 32.2. The lowest BCUT2D eigenvalue weighted by Gasteiger charge is -2.23. The Labute approximate surface area is 143 Å². The quantitative estimate of drug-likeness (QED) is 0.838. The summed E-state index contributed by atoms with van der Waals surface area (Å²) in [7, 11) is -3.60. The zero-order valence-electron chi connectivity index (χ0n) is 14.0. The molecule has 3 rings (SSSR count). The van der Waals surface area contributed by atoms with Crippen LogP contribution in [0.5, 0.6) is 0 Å². The molecule has 2 aliphatic rings.